The van der Waals surface area contributed by atoms with Crippen molar-refractivity contribution in [3.8, 4) is 5.75 Å². The zero-order valence-corrected chi connectivity index (χ0v) is 14.8. The summed E-state index contributed by atoms with van der Waals surface area (Å²) in [6.45, 7) is 9.01. The summed E-state index contributed by atoms with van der Waals surface area (Å²) >= 11 is 3.66. The van der Waals surface area contributed by atoms with Gasteiger partial charge in [0, 0.05) is 4.47 Å². The second-order valence-electron chi connectivity index (χ2n) is 5.86. The molecule has 1 aromatic rings. The fraction of sp³-hybridized carbons (Fsp3) is 0.647. The van der Waals surface area contributed by atoms with Crippen LogP contribution < -0.4 is 10.1 Å². The van der Waals surface area contributed by atoms with Crippen LogP contribution in [0.15, 0.2) is 22.7 Å². The van der Waals surface area contributed by atoms with Gasteiger partial charge >= 0.3 is 0 Å². The molecule has 0 aliphatic heterocycles. The molecule has 114 valence electrons. The van der Waals surface area contributed by atoms with Crippen molar-refractivity contribution in [3.63, 3.8) is 0 Å². The summed E-state index contributed by atoms with van der Waals surface area (Å²) in [5.74, 6) is 2.34. The Kier molecular flexibility index (Phi) is 8.24. The zero-order chi connectivity index (χ0) is 15.0. The van der Waals surface area contributed by atoms with E-state index in [2.05, 4.69) is 54.2 Å². The Labute approximate surface area is 132 Å². The van der Waals surface area contributed by atoms with Crippen molar-refractivity contribution in [1.82, 2.24) is 5.32 Å². The second kappa shape index (κ2) is 9.41. The molecule has 0 saturated carbocycles. The van der Waals surface area contributed by atoms with Crippen LogP contribution in [0.5, 0.6) is 5.75 Å². The summed E-state index contributed by atoms with van der Waals surface area (Å²) in [4.78, 5) is 0. The SMILES string of the molecule is CCCNCC(Cc1cc(OC)ccc1Br)CC(C)C. The molecule has 0 aliphatic rings. The van der Waals surface area contributed by atoms with E-state index in [0.717, 1.165) is 31.2 Å². The van der Waals surface area contributed by atoms with Gasteiger partial charge in [-0.1, -0.05) is 36.7 Å². The normalized spacial score (nSPS) is 12.7. The van der Waals surface area contributed by atoms with E-state index in [0.29, 0.717) is 5.92 Å². The van der Waals surface area contributed by atoms with Gasteiger partial charge in [-0.25, -0.2) is 0 Å². The summed E-state index contributed by atoms with van der Waals surface area (Å²) in [5.41, 5.74) is 1.34. The molecule has 0 aromatic heterocycles. The van der Waals surface area contributed by atoms with Crippen LogP contribution in [0.4, 0.5) is 0 Å². The van der Waals surface area contributed by atoms with Crippen molar-refractivity contribution in [2.75, 3.05) is 20.2 Å². The van der Waals surface area contributed by atoms with Gasteiger partial charge < -0.3 is 10.1 Å². The lowest BCUT2D eigenvalue weighted by atomic mass is 9.90. The Bertz CT molecular complexity index is 393. The predicted molar refractivity (Wildman–Crippen MR) is 90.5 cm³/mol. The minimum Gasteiger partial charge on any atom is -0.497 e. The summed E-state index contributed by atoms with van der Waals surface area (Å²) in [7, 11) is 1.72. The molecule has 2 nitrogen and oxygen atoms in total. The highest BCUT2D eigenvalue weighted by Crippen LogP contribution is 2.26. The molecule has 3 heteroatoms. The molecule has 0 heterocycles. The molecule has 20 heavy (non-hydrogen) atoms. The monoisotopic (exact) mass is 341 g/mol. The summed E-state index contributed by atoms with van der Waals surface area (Å²) in [5, 5.41) is 3.56. The highest BCUT2D eigenvalue weighted by Gasteiger charge is 2.14. The average molecular weight is 342 g/mol. The molecule has 1 N–H and O–H groups in total. The van der Waals surface area contributed by atoms with Crippen LogP contribution in [-0.2, 0) is 6.42 Å². The van der Waals surface area contributed by atoms with Crippen molar-refractivity contribution in [1.29, 1.82) is 0 Å². The molecular weight excluding hydrogens is 314 g/mol. The van der Waals surface area contributed by atoms with E-state index < -0.39 is 0 Å². The van der Waals surface area contributed by atoms with Gasteiger partial charge in [0.05, 0.1) is 7.11 Å². The van der Waals surface area contributed by atoms with Crippen molar-refractivity contribution in [2.24, 2.45) is 11.8 Å². The number of nitrogens with one attached hydrogen (secondary N) is 1. The number of methoxy groups -OCH3 is 1. The average Bonchev–Trinajstić information content (AvgIpc) is 2.40. The van der Waals surface area contributed by atoms with Crippen LogP contribution in [0.2, 0.25) is 0 Å². The number of hydrogen-bond donors (Lipinski definition) is 1. The van der Waals surface area contributed by atoms with Gasteiger partial charge in [0.2, 0.25) is 0 Å². The lowest BCUT2D eigenvalue weighted by Gasteiger charge is -2.20. The van der Waals surface area contributed by atoms with Crippen LogP contribution >= 0.6 is 15.9 Å². The minimum absolute atomic E-state index is 0.671. The molecule has 0 amide bonds. The molecule has 0 radical (unpaired) electrons. The molecule has 1 atom stereocenters. The number of rotatable bonds is 9. The highest BCUT2D eigenvalue weighted by molar-refractivity contribution is 9.10. The quantitative estimate of drug-likeness (QED) is 0.659. The van der Waals surface area contributed by atoms with Crippen molar-refractivity contribution >= 4 is 15.9 Å². The number of halogens is 1. The number of hydrogen-bond acceptors (Lipinski definition) is 2. The molecule has 0 saturated heterocycles. The van der Waals surface area contributed by atoms with Crippen molar-refractivity contribution in [2.45, 2.75) is 40.0 Å². The maximum atomic E-state index is 5.33. The van der Waals surface area contributed by atoms with Crippen LogP contribution in [-0.4, -0.2) is 20.2 Å². The first-order chi connectivity index (χ1) is 9.56. The highest BCUT2D eigenvalue weighted by atomic mass is 79.9. The molecule has 1 rings (SSSR count). The van der Waals surface area contributed by atoms with Gasteiger partial charge in [0.15, 0.2) is 0 Å². The van der Waals surface area contributed by atoms with Crippen molar-refractivity contribution in [3.05, 3.63) is 28.2 Å². The van der Waals surface area contributed by atoms with Gasteiger partial charge in [-0.3, -0.25) is 0 Å². The van der Waals surface area contributed by atoms with Crippen LogP contribution in [0.3, 0.4) is 0 Å². The van der Waals surface area contributed by atoms with E-state index in [1.165, 1.54) is 22.9 Å². The molecule has 1 unspecified atom stereocenters. The molecule has 1 aromatic carbocycles. The Morgan fingerprint density at radius 1 is 1.30 bits per heavy atom. The predicted octanol–water partition coefficient (Wildman–Crippen LogP) is 4.66. The zero-order valence-electron chi connectivity index (χ0n) is 13.2. The Morgan fingerprint density at radius 2 is 2.05 bits per heavy atom. The van der Waals surface area contributed by atoms with E-state index in [-0.39, 0.29) is 0 Å². The first kappa shape index (κ1) is 17.5. The van der Waals surface area contributed by atoms with Crippen LogP contribution in [0.25, 0.3) is 0 Å². The Hall–Kier alpha value is -0.540. The fourth-order valence-electron chi connectivity index (χ4n) is 2.53. The summed E-state index contributed by atoms with van der Waals surface area (Å²) in [6.07, 6.45) is 3.53. The van der Waals surface area contributed by atoms with Crippen molar-refractivity contribution < 1.29 is 4.74 Å². The van der Waals surface area contributed by atoms with Gasteiger partial charge in [-0.15, -0.1) is 0 Å². The van der Waals surface area contributed by atoms with Gasteiger partial charge in [0.1, 0.15) is 5.75 Å². The number of ether oxygens (including phenoxy) is 1. The second-order valence-corrected chi connectivity index (χ2v) is 6.72. The maximum absolute atomic E-state index is 5.33. The molecule has 0 fully saturated rings. The maximum Gasteiger partial charge on any atom is 0.119 e. The van der Waals surface area contributed by atoms with Crippen LogP contribution in [0, 0.1) is 11.8 Å². The standard InChI is InChI=1S/C17H28BrNO/c1-5-8-19-12-14(9-13(2)3)10-15-11-16(20-4)6-7-17(15)18/h6-7,11,13-14,19H,5,8-10,12H2,1-4H3. The first-order valence-electron chi connectivity index (χ1n) is 7.59. The fourth-order valence-corrected chi connectivity index (χ4v) is 2.94. The third-order valence-corrected chi connectivity index (χ3v) is 4.20. The van der Waals surface area contributed by atoms with Gasteiger partial charge in [0.25, 0.3) is 0 Å². The summed E-state index contributed by atoms with van der Waals surface area (Å²) < 4.78 is 6.52. The van der Waals surface area contributed by atoms with E-state index in [4.69, 9.17) is 4.74 Å². The largest absolute Gasteiger partial charge is 0.497 e. The van der Waals surface area contributed by atoms with E-state index >= 15 is 0 Å². The summed E-state index contributed by atoms with van der Waals surface area (Å²) in [6, 6.07) is 6.23. The molecule has 0 spiro atoms. The van der Waals surface area contributed by atoms with E-state index in [9.17, 15) is 0 Å². The third kappa shape index (κ3) is 6.27. The van der Waals surface area contributed by atoms with Crippen LogP contribution in [0.1, 0.15) is 39.2 Å². The van der Waals surface area contributed by atoms with Gasteiger partial charge in [-0.2, -0.15) is 0 Å². The van der Waals surface area contributed by atoms with E-state index in [1.54, 1.807) is 7.11 Å². The molecular formula is C17H28BrNO. The topological polar surface area (TPSA) is 21.3 Å². The minimum atomic E-state index is 0.671. The molecule has 0 bridgehead atoms. The Balaban J connectivity index is 2.71. The first-order valence-corrected chi connectivity index (χ1v) is 8.39. The molecule has 0 aliphatic carbocycles. The Morgan fingerprint density at radius 3 is 2.65 bits per heavy atom. The lowest BCUT2D eigenvalue weighted by molar-refractivity contribution is 0.383. The third-order valence-electron chi connectivity index (χ3n) is 3.43. The smallest absolute Gasteiger partial charge is 0.119 e. The van der Waals surface area contributed by atoms with E-state index in [1.807, 2.05) is 6.07 Å². The number of benzene rings is 1. The van der Waals surface area contributed by atoms with Gasteiger partial charge in [-0.05, 0) is 68.0 Å². The lowest BCUT2D eigenvalue weighted by Crippen LogP contribution is -2.26.